The zero-order chi connectivity index (χ0) is 18.9. The summed E-state index contributed by atoms with van der Waals surface area (Å²) in [6, 6.07) is 11.5. The Morgan fingerprint density at radius 2 is 1.85 bits per heavy atom. The van der Waals surface area contributed by atoms with Crippen molar-refractivity contribution in [1.82, 2.24) is 0 Å². The molecule has 10 heteroatoms. The fourth-order valence-corrected chi connectivity index (χ4v) is 3.71. The predicted octanol–water partition coefficient (Wildman–Crippen LogP) is 0.828. The van der Waals surface area contributed by atoms with Crippen molar-refractivity contribution in [3.63, 3.8) is 0 Å². The van der Waals surface area contributed by atoms with Crippen LogP contribution in [0.4, 0.5) is 11.4 Å². The van der Waals surface area contributed by atoms with Gasteiger partial charge in [0.15, 0.2) is 0 Å². The van der Waals surface area contributed by atoms with E-state index in [2.05, 4.69) is 15.3 Å². The second kappa shape index (κ2) is 6.87. The minimum absolute atomic E-state index is 0.161. The monoisotopic (exact) mass is 418 g/mol. The van der Waals surface area contributed by atoms with Gasteiger partial charge in [0.25, 0.3) is 0 Å². The topological polar surface area (TPSA) is 135 Å². The number of carbonyl (C=O) groups excluding carboxylic acids is 1. The van der Waals surface area contributed by atoms with E-state index in [1.165, 1.54) is 11.1 Å². The summed E-state index contributed by atoms with van der Waals surface area (Å²) >= 11 is -5.22. The molecule has 3 N–H and O–H groups in total. The van der Waals surface area contributed by atoms with Crippen LogP contribution in [0.3, 0.4) is 0 Å². The van der Waals surface area contributed by atoms with Gasteiger partial charge in [0.05, 0.1) is 0 Å². The molecule has 134 valence electrons. The van der Waals surface area contributed by atoms with Gasteiger partial charge in [0.2, 0.25) is 0 Å². The zero-order valence-electron chi connectivity index (χ0n) is 13.6. The molecule has 3 rings (SSSR count). The van der Waals surface area contributed by atoms with E-state index in [4.69, 9.17) is 8.19 Å². The van der Waals surface area contributed by atoms with Crippen molar-refractivity contribution in [1.29, 1.82) is 0 Å². The summed E-state index contributed by atoms with van der Waals surface area (Å²) in [6.07, 6.45) is 0. The van der Waals surface area contributed by atoms with Crippen LogP contribution in [0.5, 0.6) is 5.75 Å². The van der Waals surface area contributed by atoms with Gasteiger partial charge >= 0.3 is 145 Å². The Morgan fingerprint density at radius 3 is 2.46 bits per heavy atom. The Kier molecular flexibility index (Phi) is 4.77. The summed E-state index contributed by atoms with van der Waals surface area (Å²) in [7, 11) is 0. The number of hydrazone groups is 1. The summed E-state index contributed by atoms with van der Waals surface area (Å²) in [5, 5.41) is 23.0. The van der Waals surface area contributed by atoms with Gasteiger partial charge in [-0.05, 0) is 0 Å². The second-order valence-corrected chi connectivity index (χ2v) is 8.86. The number of phenols is 1. The van der Waals surface area contributed by atoms with Gasteiger partial charge < -0.3 is 0 Å². The Morgan fingerprint density at radius 1 is 1.15 bits per heavy atom. The minimum atomic E-state index is -5.22. The first kappa shape index (κ1) is 18.1. The van der Waals surface area contributed by atoms with Gasteiger partial charge in [0, 0.05) is 0 Å². The third kappa shape index (κ3) is 3.60. The average Bonchev–Trinajstić information content (AvgIpc) is 2.87. The van der Waals surface area contributed by atoms with E-state index in [9.17, 15) is 13.6 Å². The fraction of sp³-hybridized carbons (Fsp3) is 0.125. The summed E-state index contributed by atoms with van der Waals surface area (Å²) < 4.78 is 29.2. The molecule has 26 heavy (non-hydrogen) atoms. The molecule has 0 saturated carbocycles. The van der Waals surface area contributed by atoms with Crippen LogP contribution in [0, 0.1) is 0 Å². The van der Waals surface area contributed by atoms with Crippen molar-refractivity contribution in [3.8, 4) is 5.75 Å². The number of carbonyl (C=O) groups is 1. The quantitative estimate of drug-likeness (QED) is 0.499. The molecule has 0 bridgehead atoms. The Balaban J connectivity index is 1.81. The van der Waals surface area contributed by atoms with E-state index in [1.54, 1.807) is 31.2 Å². The first-order valence-electron chi connectivity index (χ1n) is 7.51. The van der Waals surface area contributed by atoms with Gasteiger partial charge in [0.1, 0.15) is 0 Å². The van der Waals surface area contributed by atoms with Crippen molar-refractivity contribution >= 4 is 41.5 Å². The molecule has 1 heterocycles. The number of anilines is 1. The Hall–Kier alpha value is -2.74. The van der Waals surface area contributed by atoms with Gasteiger partial charge in [-0.2, -0.15) is 0 Å². The number of azo groups is 1. The summed E-state index contributed by atoms with van der Waals surface area (Å²) in [6.45, 7) is 1.65. The van der Waals surface area contributed by atoms with Crippen molar-refractivity contribution in [3.05, 3.63) is 48.5 Å². The number of nitrogens with zero attached hydrogens (tertiary/aromatic N) is 4. The molecule has 0 aliphatic carbocycles. The number of amides is 1. The van der Waals surface area contributed by atoms with E-state index in [-0.39, 0.29) is 11.6 Å². The first-order chi connectivity index (χ1) is 12.3. The molecule has 1 amide bonds. The number of para-hydroxylation sites is 1. The number of benzene rings is 2. The number of aromatic hydroxyl groups is 1. The maximum absolute atomic E-state index is 12.5. The van der Waals surface area contributed by atoms with Gasteiger partial charge in [-0.25, -0.2) is 0 Å². The third-order valence-corrected chi connectivity index (χ3v) is 5.77. The molecule has 0 radical (unpaired) electrons. The SMILES string of the molecule is CC1=NN(c2ccccc2)C(=O)[C@H]1N=Nc1ccc([As](=O)(O)O)c(O)c1. The average molecular weight is 418 g/mol. The standard InChI is InChI=1S/C16H15AsN4O5/c1-10-15(16(23)21(20-10)12-5-3-2-4-6-12)19-18-11-7-8-13(14(22)9-11)17(24,25)26/h2-9,15,22H,1H3,(H2,24,25,26)/t15-/m0/s1. The predicted molar refractivity (Wildman–Crippen MR) is 94.0 cm³/mol. The molecule has 0 aromatic heterocycles. The molecule has 2 aromatic carbocycles. The van der Waals surface area contributed by atoms with Crippen LogP contribution in [0.2, 0.25) is 0 Å². The zero-order valence-corrected chi connectivity index (χ0v) is 15.5. The normalized spacial score (nSPS) is 17.8. The Bertz CT molecular complexity index is 954. The van der Waals surface area contributed by atoms with Crippen LogP contribution >= 0.6 is 0 Å². The molecule has 9 nitrogen and oxygen atoms in total. The molecule has 0 saturated heterocycles. The van der Waals surface area contributed by atoms with Crippen molar-refractivity contribution < 1.29 is 21.8 Å². The van der Waals surface area contributed by atoms with E-state index in [0.29, 0.717) is 11.4 Å². The van der Waals surface area contributed by atoms with Crippen LogP contribution in [0.1, 0.15) is 6.92 Å². The number of hydrogen-bond donors (Lipinski definition) is 3. The fourth-order valence-electron chi connectivity index (χ4n) is 2.39. The van der Waals surface area contributed by atoms with Crippen molar-refractivity contribution in [2.24, 2.45) is 15.3 Å². The molecule has 0 unspecified atom stereocenters. The molecular weight excluding hydrogens is 403 g/mol. The van der Waals surface area contributed by atoms with Crippen LogP contribution in [0.15, 0.2) is 63.9 Å². The van der Waals surface area contributed by atoms with Crippen LogP contribution in [-0.4, -0.2) is 45.1 Å². The van der Waals surface area contributed by atoms with E-state index < -0.39 is 30.3 Å². The molecule has 1 aliphatic heterocycles. The summed E-state index contributed by atoms with van der Waals surface area (Å²) in [4.78, 5) is 12.5. The van der Waals surface area contributed by atoms with Crippen LogP contribution in [0.25, 0.3) is 0 Å². The van der Waals surface area contributed by atoms with E-state index in [1.807, 2.05) is 6.07 Å². The van der Waals surface area contributed by atoms with E-state index >= 15 is 0 Å². The molecule has 1 aliphatic rings. The molecule has 0 spiro atoms. The first-order valence-corrected chi connectivity index (χ1v) is 10.9. The van der Waals surface area contributed by atoms with Crippen LogP contribution < -0.4 is 9.36 Å². The van der Waals surface area contributed by atoms with Crippen molar-refractivity contribution in [2.45, 2.75) is 13.0 Å². The summed E-state index contributed by atoms with van der Waals surface area (Å²) in [5.74, 6) is -0.931. The second-order valence-electron chi connectivity index (χ2n) is 5.56. The van der Waals surface area contributed by atoms with Crippen molar-refractivity contribution in [2.75, 3.05) is 5.01 Å². The molecule has 2 aromatic rings. The van der Waals surface area contributed by atoms with Gasteiger partial charge in [-0.1, -0.05) is 6.07 Å². The van der Waals surface area contributed by atoms with Gasteiger partial charge in [-0.3, -0.25) is 0 Å². The maximum atomic E-state index is 12.5. The number of phenolic OH excluding ortho intramolecular Hbond substituents is 1. The molecule has 0 fully saturated rings. The molecular formula is C16H15AsN4O5. The Labute approximate surface area is 151 Å². The number of rotatable bonds is 4. The van der Waals surface area contributed by atoms with Gasteiger partial charge in [-0.15, -0.1) is 0 Å². The third-order valence-electron chi connectivity index (χ3n) is 3.66. The number of hydrogen-bond acceptors (Lipinski definition) is 6. The molecule has 1 atom stereocenters. The van der Waals surface area contributed by atoms with Crippen LogP contribution in [-0.2, 0) is 8.53 Å². The van der Waals surface area contributed by atoms with E-state index in [0.717, 1.165) is 12.1 Å². The summed E-state index contributed by atoms with van der Waals surface area (Å²) in [5.41, 5.74) is 1.23.